The molecule has 1 heterocycles. The Balaban J connectivity index is 0.000000810. The van der Waals surface area contributed by atoms with Gasteiger partial charge in [0.15, 0.2) is 0 Å². The first kappa shape index (κ1) is 9.98. The smallest absolute Gasteiger partial charge is 0.0122 e. The van der Waals surface area contributed by atoms with E-state index in [-0.39, 0.29) is 32.7 Å². The summed E-state index contributed by atoms with van der Waals surface area (Å²) in [5, 5.41) is 6.35. The van der Waals surface area contributed by atoms with Crippen LogP contribution in [-0.2, 0) is 37.5 Å². The summed E-state index contributed by atoms with van der Waals surface area (Å²) in [6, 6.07) is 0. The Hall–Kier alpha value is -0.0161. The molecule has 0 fully saturated rings. The quantitative estimate of drug-likeness (QED) is 0.688. The second kappa shape index (κ2) is 3.99. The van der Waals surface area contributed by atoms with Gasteiger partial charge < -0.3 is 9.89 Å². The van der Waals surface area contributed by atoms with Crippen molar-refractivity contribution in [2.24, 2.45) is 0 Å². The average Bonchev–Trinajstić information content (AvgIpc) is 2.15. The third-order valence-corrected chi connectivity index (χ3v) is 1.36. The van der Waals surface area contributed by atoms with E-state index in [0.29, 0.717) is 5.69 Å². The van der Waals surface area contributed by atoms with Crippen molar-refractivity contribution in [3.63, 3.8) is 0 Å². The molecule has 1 aromatic rings. The largest absolute Gasteiger partial charge is 0.417 e. The Labute approximate surface area is 84.5 Å². The Kier molecular flexibility index (Phi) is 3.98. The number of aryl methyl sites for hydroxylation is 1. The van der Waals surface area contributed by atoms with Crippen molar-refractivity contribution in [2.75, 3.05) is 0 Å². The Morgan fingerprint density at radius 2 is 2.10 bits per heavy atom. The van der Waals surface area contributed by atoms with Crippen LogP contribution in [0.2, 0.25) is 0 Å². The molecule has 0 aromatic carbocycles. The number of nitrogens with zero attached hydrogens (tertiary/aromatic N) is 1. The molecule has 1 aromatic heterocycles. The summed E-state index contributed by atoms with van der Waals surface area (Å²) in [7, 11) is 0. The van der Waals surface area contributed by atoms with Gasteiger partial charge in [0.25, 0.3) is 0 Å². The number of nitrogens with one attached hydrogen (secondary N) is 1. The van der Waals surface area contributed by atoms with Crippen molar-refractivity contribution < 1.29 is 37.5 Å². The molecule has 0 amide bonds. The predicted octanol–water partition coefficient (Wildman–Crippen LogP) is 0.482. The van der Waals surface area contributed by atoms with E-state index in [0.717, 1.165) is 11.3 Å². The zero-order chi connectivity index (χ0) is 6.85. The molecule has 10 heavy (non-hydrogen) atoms. The first-order valence-corrected chi connectivity index (χ1v) is 2.65. The first-order valence-electron chi connectivity index (χ1n) is 2.65. The van der Waals surface area contributed by atoms with Gasteiger partial charge in [0.1, 0.15) is 0 Å². The normalized spacial score (nSPS) is 8.60. The summed E-state index contributed by atoms with van der Waals surface area (Å²) < 4.78 is 0. The van der Waals surface area contributed by atoms with Gasteiger partial charge in [-0.1, -0.05) is 5.69 Å². The van der Waals surface area contributed by atoms with Crippen molar-refractivity contribution in [1.29, 1.82) is 0 Å². The molecule has 1 radical (unpaired) electrons. The second-order valence-corrected chi connectivity index (χ2v) is 1.91. The minimum Gasteiger partial charge on any atom is -0.417 e. The number of aromatic nitrogens is 2. The standard InChI is InChI=1S/C6H7N2O.Y/c1-4-5(2)7-8-6(4)3-9;/h1-2H3,(H,7,8);/q-1;. The molecule has 0 aliphatic rings. The molecular formula is C6H7N2OY-. The molecule has 0 spiro atoms. The number of hydrogen-bond acceptors (Lipinski definition) is 2. The Morgan fingerprint density at radius 3 is 2.30 bits per heavy atom. The fourth-order valence-corrected chi connectivity index (χ4v) is 0.588. The van der Waals surface area contributed by atoms with Crippen LogP contribution in [0.5, 0.6) is 0 Å². The van der Waals surface area contributed by atoms with Crippen LogP contribution < -0.4 is 0 Å². The van der Waals surface area contributed by atoms with Crippen LogP contribution in [0, 0.1) is 13.8 Å². The molecule has 0 saturated carbocycles. The SMILES string of the molecule is Cc1n[nH]c([C-]=O)c1C.[Y]. The topological polar surface area (TPSA) is 45.8 Å². The number of H-pyrrole nitrogens is 1. The predicted molar refractivity (Wildman–Crippen MR) is 32.9 cm³/mol. The summed E-state index contributed by atoms with van der Waals surface area (Å²) in [5.41, 5.74) is 2.19. The van der Waals surface area contributed by atoms with Crippen molar-refractivity contribution in [3.8, 4) is 0 Å². The van der Waals surface area contributed by atoms with Gasteiger partial charge in [-0.3, -0.25) is 0 Å². The van der Waals surface area contributed by atoms with Gasteiger partial charge in [0.2, 0.25) is 0 Å². The van der Waals surface area contributed by atoms with Gasteiger partial charge in [-0.25, -0.2) is 5.10 Å². The van der Waals surface area contributed by atoms with Gasteiger partial charge in [-0.2, -0.15) is 0 Å². The van der Waals surface area contributed by atoms with Crippen molar-refractivity contribution in [2.45, 2.75) is 13.8 Å². The van der Waals surface area contributed by atoms with Crippen LogP contribution in [0.3, 0.4) is 0 Å². The molecule has 0 bridgehead atoms. The summed E-state index contributed by atoms with van der Waals surface area (Å²) in [5.74, 6) is 0. The molecule has 3 nitrogen and oxygen atoms in total. The van der Waals surface area contributed by atoms with E-state index < -0.39 is 0 Å². The molecule has 1 rings (SSSR count). The maximum Gasteiger partial charge on any atom is 0.0122 e. The van der Waals surface area contributed by atoms with E-state index in [1.807, 2.05) is 13.8 Å². The number of aromatic amines is 1. The molecule has 1 N–H and O–H groups in total. The third kappa shape index (κ3) is 1.73. The van der Waals surface area contributed by atoms with E-state index in [2.05, 4.69) is 10.2 Å². The summed E-state index contributed by atoms with van der Waals surface area (Å²) in [6.45, 7) is 3.67. The molecular weight excluding hydrogens is 205 g/mol. The third-order valence-electron chi connectivity index (χ3n) is 1.36. The maximum atomic E-state index is 10.0. The molecule has 0 aliphatic heterocycles. The zero-order valence-electron chi connectivity index (χ0n) is 5.93. The Bertz CT molecular complexity index is 232. The van der Waals surface area contributed by atoms with Crippen LogP contribution in [0.15, 0.2) is 0 Å². The van der Waals surface area contributed by atoms with Crippen LogP contribution >= 0.6 is 0 Å². The molecule has 0 aliphatic carbocycles. The summed E-state index contributed by atoms with van der Waals surface area (Å²) >= 11 is 0. The van der Waals surface area contributed by atoms with E-state index in [9.17, 15) is 4.79 Å². The van der Waals surface area contributed by atoms with Crippen molar-refractivity contribution in [3.05, 3.63) is 17.0 Å². The Morgan fingerprint density at radius 1 is 1.50 bits per heavy atom. The van der Waals surface area contributed by atoms with Gasteiger partial charge >= 0.3 is 0 Å². The van der Waals surface area contributed by atoms with Crippen LogP contribution in [-0.4, -0.2) is 16.5 Å². The number of hydrogen-bond donors (Lipinski definition) is 1. The van der Waals surface area contributed by atoms with E-state index in [4.69, 9.17) is 0 Å². The molecule has 4 heteroatoms. The van der Waals surface area contributed by atoms with Gasteiger partial charge in [0, 0.05) is 39.0 Å². The van der Waals surface area contributed by atoms with Crippen LogP contribution in [0.25, 0.3) is 0 Å². The molecule has 0 unspecified atom stereocenters. The monoisotopic (exact) mass is 212 g/mol. The van der Waals surface area contributed by atoms with E-state index >= 15 is 0 Å². The second-order valence-electron chi connectivity index (χ2n) is 1.91. The molecule has 0 atom stereocenters. The van der Waals surface area contributed by atoms with Crippen LogP contribution in [0.1, 0.15) is 17.0 Å². The fourth-order valence-electron chi connectivity index (χ4n) is 0.588. The first-order chi connectivity index (χ1) is 4.25. The van der Waals surface area contributed by atoms with Crippen LogP contribution in [0.4, 0.5) is 0 Å². The maximum absolute atomic E-state index is 10.0. The summed E-state index contributed by atoms with van der Waals surface area (Å²) in [6.07, 6.45) is 1.75. The van der Waals surface area contributed by atoms with E-state index in [1.54, 1.807) is 6.29 Å². The van der Waals surface area contributed by atoms with Gasteiger partial charge in [-0.15, -0.1) is 12.5 Å². The fraction of sp³-hybridized carbons (Fsp3) is 0.333. The summed E-state index contributed by atoms with van der Waals surface area (Å²) in [4.78, 5) is 10.0. The van der Waals surface area contributed by atoms with Crippen molar-refractivity contribution >= 4 is 6.29 Å². The van der Waals surface area contributed by atoms with Gasteiger partial charge in [0.05, 0.1) is 0 Å². The average molecular weight is 212 g/mol. The van der Waals surface area contributed by atoms with E-state index in [1.165, 1.54) is 0 Å². The molecule has 0 saturated heterocycles. The zero-order valence-corrected chi connectivity index (χ0v) is 8.77. The number of carbonyl (C=O) groups excluding carboxylic acids is 1. The van der Waals surface area contributed by atoms with Gasteiger partial charge in [-0.05, 0) is 12.6 Å². The minimum absolute atomic E-state index is 0. The molecule has 51 valence electrons. The van der Waals surface area contributed by atoms with Crippen molar-refractivity contribution in [1.82, 2.24) is 10.2 Å². The minimum atomic E-state index is 0. The number of rotatable bonds is 1.